The molecule has 0 spiro atoms. The van der Waals surface area contributed by atoms with Gasteiger partial charge in [0.15, 0.2) is 0 Å². The highest BCUT2D eigenvalue weighted by Crippen LogP contribution is 2.21. The topological polar surface area (TPSA) is 112 Å². The Hall–Kier alpha value is -2.51. The minimum absolute atomic E-state index is 0.148. The number of imide groups is 1. The van der Waals surface area contributed by atoms with Gasteiger partial charge in [-0.15, -0.1) is 0 Å². The number of amides is 2. The summed E-state index contributed by atoms with van der Waals surface area (Å²) in [6, 6.07) is 1.85. The summed E-state index contributed by atoms with van der Waals surface area (Å²) >= 11 is 0. The maximum atomic E-state index is 10.8. The number of piperidine rings is 1. The third-order valence-corrected chi connectivity index (χ3v) is 3.59. The third kappa shape index (κ3) is 4.51. The molecule has 0 unspecified atom stereocenters. The monoisotopic (exact) mass is 306 g/mol. The largest absolute Gasteiger partial charge is 0.481 e. The SMILES string of the molecule is O=C(O)C1CCN(c2ccncn2)CC1.O=C1CCC(=O)N1. The van der Waals surface area contributed by atoms with E-state index in [2.05, 4.69) is 20.2 Å². The lowest BCUT2D eigenvalue weighted by molar-refractivity contribution is -0.142. The predicted octanol–water partition coefficient (Wildman–Crippen LogP) is 0.201. The van der Waals surface area contributed by atoms with Crippen LogP contribution in [-0.4, -0.2) is 45.9 Å². The Bertz CT molecular complexity index is 527. The molecule has 0 atom stereocenters. The first kappa shape index (κ1) is 15.9. The molecule has 1 aromatic rings. The maximum Gasteiger partial charge on any atom is 0.306 e. The van der Waals surface area contributed by atoms with Gasteiger partial charge < -0.3 is 10.0 Å². The molecule has 118 valence electrons. The highest BCUT2D eigenvalue weighted by Gasteiger charge is 2.24. The van der Waals surface area contributed by atoms with Crippen LogP contribution in [0.1, 0.15) is 25.7 Å². The number of aromatic nitrogens is 2. The third-order valence-electron chi connectivity index (χ3n) is 3.59. The lowest BCUT2D eigenvalue weighted by Crippen LogP contribution is -2.36. The van der Waals surface area contributed by atoms with Crippen molar-refractivity contribution in [3.63, 3.8) is 0 Å². The molecule has 8 nitrogen and oxygen atoms in total. The zero-order chi connectivity index (χ0) is 15.9. The number of anilines is 1. The van der Waals surface area contributed by atoms with Crippen molar-refractivity contribution in [2.75, 3.05) is 18.0 Å². The van der Waals surface area contributed by atoms with Crippen LogP contribution in [0.25, 0.3) is 0 Å². The summed E-state index contributed by atoms with van der Waals surface area (Å²) < 4.78 is 0. The Morgan fingerprint density at radius 3 is 2.27 bits per heavy atom. The van der Waals surface area contributed by atoms with Gasteiger partial charge in [0.2, 0.25) is 11.8 Å². The van der Waals surface area contributed by atoms with Gasteiger partial charge in [-0.2, -0.15) is 0 Å². The fourth-order valence-corrected chi connectivity index (χ4v) is 2.33. The molecule has 0 saturated carbocycles. The number of nitrogens with one attached hydrogen (secondary N) is 1. The van der Waals surface area contributed by atoms with Crippen molar-refractivity contribution < 1.29 is 19.5 Å². The van der Waals surface area contributed by atoms with E-state index in [0.717, 1.165) is 18.9 Å². The van der Waals surface area contributed by atoms with Gasteiger partial charge in [-0.3, -0.25) is 19.7 Å². The molecule has 2 fully saturated rings. The second kappa shape index (κ2) is 7.48. The van der Waals surface area contributed by atoms with Crippen LogP contribution in [0.3, 0.4) is 0 Å². The fourth-order valence-electron chi connectivity index (χ4n) is 2.33. The van der Waals surface area contributed by atoms with E-state index in [1.54, 1.807) is 6.20 Å². The number of hydrogen-bond acceptors (Lipinski definition) is 6. The molecule has 0 aliphatic carbocycles. The summed E-state index contributed by atoms with van der Waals surface area (Å²) in [6.45, 7) is 1.52. The van der Waals surface area contributed by atoms with Gasteiger partial charge in [-0.1, -0.05) is 0 Å². The van der Waals surface area contributed by atoms with Crippen LogP contribution in [0.2, 0.25) is 0 Å². The van der Waals surface area contributed by atoms with Crippen LogP contribution in [0.5, 0.6) is 0 Å². The van der Waals surface area contributed by atoms with Gasteiger partial charge in [0.05, 0.1) is 5.92 Å². The van der Waals surface area contributed by atoms with Gasteiger partial charge in [-0.05, 0) is 18.9 Å². The Balaban J connectivity index is 0.000000211. The molecule has 22 heavy (non-hydrogen) atoms. The van der Waals surface area contributed by atoms with Crippen LogP contribution in [0.4, 0.5) is 5.82 Å². The standard InChI is InChI=1S/C10H13N3O2.C4H5NO2/c14-10(15)8-2-5-13(6-3-8)9-1-4-11-7-12-9;6-3-1-2-4(7)5-3/h1,4,7-8H,2-3,5-6H2,(H,14,15);1-2H2,(H,5,6,7). The number of carboxylic acid groups (broad SMARTS) is 1. The summed E-state index contributed by atoms with van der Waals surface area (Å²) in [7, 11) is 0. The van der Waals surface area contributed by atoms with Gasteiger partial charge in [0.25, 0.3) is 0 Å². The van der Waals surface area contributed by atoms with Crippen LogP contribution in [-0.2, 0) is 14.4 Å². The van der Waals surface area contributed by atoms with Crippen LogP contribution in [0, 0.1) is 5.92 Å². The average Bonchev–Trinajstić information content (AvgIpc) is 2.92. The highest BCUT2D eigenvalue weighted by atomic mass is 16.4. The molecular weight excluding hydrogens is 288 g/mol. The van der Waals surface area contributed by atoms with Gasteiger partial charge in [0.1, 0.15) is 12.1 Å². The van der Waals surface area contributed by atoms with Crippen LogP contribution in [0.15, 0.2) is 18.6 Å². The molecule has 2 N–H and O–H groups in total. The molecule has 3 rings (SSSR count). The summed E-state index contributed by atoms with van der Waals surface area (Å²) in [5, 5.41) is 11.0. The van der Waals surface area contributed by atoms with Crippen molar-refractivity contribution in [2.24, 2.45) is 5.92 Å². The van der Waals surface area contributed by atoms with Crippen molar-refractivity contribution >= 4 is 23.6 Å². The Kier molecular flexibility index (Phi) is 5.40. The Labute approximate surface area is 127 Å². The molecule has 0 radical (unpaired) electrons. The van der Waals surface area contributed by atoms with E-state index in [-0.39, 0.29) is 17.7 Å². The number of nitrogens with zero attached hydrogens (tertiary/aromatic N) is 3. The van der Waals surface area contributed by atoms with Gasteiger partial charge in [-0.25, -0.2) is 9.97 Å². The fraction of sp³-hybridized carbons (Fsp3) is 0.500. The van der Waals surface area contributed by atoms with E-state index in [0.29, 0.717) is 25.7 Å². The molecule has 0 aromatic carbocycles. The number of hydrogen-bond donors (Lipinski definition) is 2. The first-order valence-electron chi connectivity index (χ1n) is 7.12. The van der Waals surface area contributed by atoms with E-state index in [9.17, 15) is 14.4 Å². The molecule has 2 saturated heterocycles. The highest BCUT2D eigenvalue weighted by molar-refractivity contribution is 6.01. The summed E-state index contributed by atoms with van der Waals surface area (Å²) in [5.74, 6) is -0.288. The second-order valence-electron chi connectivity index (χ2n) is 5.14. The zero-order valence-electron chi connectivity index (χ0n) is 12.1. The molecule has 2 aliphatic heterocycles. The van der Waals surface area contributed by atoms with Crippen molar-refractivity contribution in [1.82, 2.24) is 15.3 Å². The van der Waals surface area contributed by atoms with Crippen molar-refractivity contribution in [2.45, 2.75) is 25.7 Å². The summed E-state index contributed by atoms with van der Waals surface area (Å²) in [5.41, 5.74) is 0. The average molecular weight is 306 g/mol. The van der Waals surface area contributed by atoms with Gasteiger partial charge >= 0.3 is 5.97 Å². The normalized spacial score (nSPS) is 18.5. The van der Waals surface area contributed by atoms with E-state index < -0.39 is 5.97 Å². The molecule has 3 heterocycles. The number of carboxylic acids is 1. The predicted molar refractivity (Wildman–Crippen MR) is 77.0 cm³/mol. The maximum absolute atomic E-state index is 10.8. The molecule has 8 heteroatoms. The van der Waals surface area contributed by atoms with Crippen molar-refractivity contribution in [3.05, 3.63) is 18.6 Å². The quantitative estimate of drug-likeness (QED) is 0.750. The zero-order valence-corrected chi connectivity index (χ0v) is 12.1. The molecule has 0 bridgehead atoms. The summed E-state index contributed by atoms with van der Waals surface area (Å²) in [4.78, 5) is 41.1. The first-order valence-corrected chi connectivity index (χ1v) is 7.12. The number of carbonyl (C=O) groups excluding carboxylic acids is 2. The van der Waals surface area contributed by atoms with E-state index in [1.165, 1.54) is 6.33 Å². The number of carbonyl (C=O) groups is 3. The second-order valence-corrected chi connectivity index (χ2v) is 5.14. The number of rotatable bonds is 2. The molecule has 2 aliphatic rings. The van der Waals surface area contributed by atoms with E-state index in [4.69, 9.17) is 5.11 Å². The van der Waals surface area contributed by atoms with E-state index in [1.807, 2.05) is 6.07 Å². The van der Waals surface area contributed by atoms with Crippen LogP contribution < -0.4 is 10.2 Å². The molecule has 2 amide bonds. The smallest absolute Gasteiger partial charge is 0.306 e. The van der Waals surface area contributed by atoms with Gasteiger partial charge in [0, 0.05) is 32.1 Å². The van der Waals surface area contributed by atoms with Crippen LogP contribution >= 0.6 is 0 Å². The Morgan fingerprint density at radius 1 is 1.23 bits per heavy atom. The van der Waals surface area contributed by atoms with Crippen molar-refractivity contribution in [3.8, 4) is 0 Å². The first-order chi connectivity index (χ1) is 10.6. The van der Waals surface area contributed by atoms with Crippen molar-refractivity contribution in [1.29, 1.82) is 0 Å². The summed E-state index contributed by atoms with van der Waals surface area (Å²) in [6.07, 6.45) is 5.35. The lowest BCUT2D eigenvalue weighted by atomic mass is 9.97. The Morgan fingerprint density at radius 2 is 1.86 bits per heavy atom. The van der Waals surface area contributed by atoms with E-state index >= 15 is 0 Å². The minimum Gasteiger partial charge on any atom is -0.481 e. The number of aliphatic carboxylic acids is 1. The minimum atomic E-state index is -0.683. The lowest BCUT2D eigenvalue weighted by Gasteiger charge is -2.30. The molecule has 1 aromatic heterocycles. The molecular formula is C14H18N4O4.